The first-order valence-corrected chi connectivity index (χ1v) is 7.85. The zero-order valence-electron chi connectivity index (χ0n) is 13.1. The molecule has 1 saturated carbocycles. The van der Waals surface area contributed by atoms with Crippen LogP contribution in [0.25, 0.3) is 10.8 Å². The van der Waals surface area contributed by atoms with Gasteiger partial charge in [-0.1, -0.05) is 19.9 Å². The number of nitrogens with zero attached hydrogens (tertiary/aromatic N) is 1. The fourth-order valence-corrected chi connectivity index (χ4v) is 3.65. The molecule has 0 aliphatic heterocycles. The third-order valence-corrected chi connectivity index (χ3v) is 4.49. The first-order chi connectivity index (χ1) is 10.2. The highest BCUT2D eigenvalue weighted by atomic mass is 16.5. The SMILES string of the molecule is COc1ccc2ccnc(NC3CC(C)CC(C)C3)c2c1. The molecule has 0 amide bonds. The van der Waals surface area contributed by atoms with Crippen LogP contribution in [0.4, 0.5) is 5.82 Å². The molecule has 2 atom stereocenters. The average Bonchev–Trinajstić information content (AvgIpc) is 2.46. The van der Waals surface area contributed by atoms with Crippen molar-refractivity contribution in [3.05, 3.63) is 30.5 Å². The summed E-state index contributed by atoms with van der Waals surface area (Å²) in [5, 5.41) is 6.01. The Balaban J connectivity index is 1.89. The predicted octanol–water partition coefficient (Wildman–Crippen LogP) is 4.48. The summed E-state index contributed by atoms with van der Waals surface area (Å²) in [6.45, 7) is 4.70. The van der Waals surface area contributed by atoms with Gasteiger partial charge in [0.25, 0.3) is 0 Å². The van der Waals surface area contributed by atoms with Gasteiger partial charge in [-0.15, -0.1) is 0 Å². The van der Waals surface area contributed by atoms with Gasteiger partial charge in [0.15, 0.2) is 0 Å². The van der Waals surface area contributed by atoms with Crippen molar-refractivity contribution in [3.8, 4) is 5.75 Å². The van der Waals surface area contributed by atoms with Gasteiger partial charge in [0, 0.05) is 17.6 Å². The molecule has 0 saturated heterocycles. The number of hydrogen-bond donors (Lipinski definition) is 1. The number of anilines is 1. The first kappa shape index (κ1) is 14.2. The minimum atomic E-state index is 0.521. The van der Waals surface area contributed by atoms with Gasteiger partial charge in [0.05, 0.1) is 7.11 Å². The molecule has 21 heavy (non-hydrogen) atoms. The van der Waals surface area contributed by atoms with Crippen molar-refractivity contribution < 1.29 is 4.74 Å². The van der Waals surface area contributed by atoms with E-state index in [2.05, 4.69) is 36.3 Å². The Morgan fingerprint density at radius 2 is 1.86 bits per heavy atom. The van der Waals surface area contributed by atoms with E-state index in [0.29, 0.717) is 6.04 Å². The number of pyridine rings is 1. The second-order valence-electron chi connectivity index (χ2n) is 6.51. The summed E-state index contributed by atoms with van der Waals surface area (Å²) < 4.78 is 5.35. The van der Waals surface area contributed by atoms with Crippen molar-refractivity contribution in [2.75, 3.05) is 12.4 Å². The lowest BCUT2D eigenvalue weighted by Gasteiger charge is -2.32. The quantitative estimate of drug-likeness (QED) is 0.902. The molecule has 0 spiro atoms. The summed E-state index contributed by atoms with van der Waals surface area (Å²) >= 11 is 0. The molecule has 1 aromatic heterocycles. The summed E-state index contributed by atoms with van der Waals surface area (Å²) in [6, 6.07) is 8.73. The highest BCUT2D eigenvalue weighted by Crippen LogP contribution is 2.32. The molecule has 1 heterocycles. The maximum atomic E-state index is 5.35. The van der Waals surface area contributed by atoms with Crippen molar-refractivity contribution in [2.45, 2.75) is 39.2 Å². The third-order valence-electron chi connectivity index (χ3n) is 4.49. The smallest absolute Gasteiger partial charge is 0.134 e. The van der Waals surface area contributed by atoms with Crippen LogP contribution < -0.4 is 10.1 Å². The van der Waals surface area contributed by atoms with Gasteiger partial charge in [-0.3, -0.25) is 0 Å². The highest BCUT2D eigenvalue weighted by Gasteiger charge is 2.24. The van der Waals surface area contributed by atoms with Crippen LogP contribution in [-0.2, 0) is 0 Å². The molecule has 1 aliphatic rings. The van der Waals surface area contributed by atoms with Gasteiger partial charge in [-0.25, -0.2) is 4.98 Å². The molecular weight excluding hydrogens is 260 g/mol. The number of fused-ring (bicyclic) bond motifs is 1. The summed E-state index contributed by atoms with van der Waals surface area (Å²) in [4.78, 5) is 4.56. The van der Waals surface area contributed by atoms with E-state index in [1.807, 2.05) is 18.3 Å². The lowest BCUT2D eigenvalue weighted by atomic mass is 9.80. The number of benzene rings is 1. The Kier molecular flexibility index (Phi) is 4.00. The lowest BCUT2D eigenvalue weighted by molar-refractivity contribution is 0.280. The molecule has 1 fully saturated rings. The summed E-state index contributed by atoms with van der Waals surface area (Å²) in [6.07, 6.45) is 5.68. The maximum absolute atomic E-state index is 5.35. The second kappa shape index (κ2) is 5.92. The van der Waals surface area contributed by atoms with E-state index in [1.165, 1.54) is 24.6 Å². The van der Waals surface area contributed by atoms with Crippen molar-refractivity contribution in [3.63, 3.8) is 0 Å². The number of rotatable bonds is 3. The van der Waals surface area contributed by atoms with Crippen molar-refractivity contribution in [2.24, 2.45) is 11.8 Å². The Hall–Kier alpha value is -1.77. The topological polar surface area (TPSA) is 34.1 Å². The molecule has 112 valence electrons. The van der Waals surface area contributed by atoms with Crippen LogP contribution in [0, 0.1) is 11.8 Å². The van der Waals surface area contributed by atoms with Crippen LogP contribution in [0.5, 0.6) is 5.75 Å². The van der Waals surface area contributed by atoms with E-state index in [9.17, 15) is 0 Å². The molecule has 3 heteroatoms. The number of ether oxygens (including phenoxy) is 1. The molecule has 3 rings (SSSR count). The van der Waals surface area contributed by atoms with Crippen molar-refractivity contribution in [1.29, 1.82) is 0 Å². The minimum Gasteiger partial charge on any atom is -0.497 e. The van der Waals surface area contributed by atoms with Crippen LogP contribution >= 0.6 is 0 Å². The van der Waals surface area contributed by atoms with Crippen LogP contribution in [0.2, 0.25) is 0 Å². The maximum Gasteiger partial charge on any atom is 0.134 e. The van der Waals surface area contributed by atoms with E-state index >= 15 is 0 Å². The molecular formula is C18H24N2O. The lowest BCUT2D eigenvalue weighted by Crippen LogP contribution is -2.30. The minimum absolute atomic E-state index is 0.521. The summed E-state index contributed by atoms with van der Waals surface area (Å²) in [7, 11) is 1.70. The van der Waals surface area contributed by atoms with Crippen LogP contribution in [0.15, 0.2) is 30.5 Å². The standard InChI is InChI=1S/C18H24N2O/c1-12-8-13(2)10-15(9-12)20-18-17-11-16(21-3)5-4-14(17)6-7-19-18/h4-7,11-13,15H,8-10H2,1-3H3,(H,19,20). The Morgan fingerprint density at radius 1 is 1.10 bits per heavy atom. The van der Waals surface area contributed by atoms with Gasteiger partial charge in [0.1, 0.15) is 11.6 Å². The van der Waals surface area contributed by atoms with E-state index < -0.39 is 0 Å². The van der Waals surface area contributed by atoms with Crippen LogP contribution in [0.1, 0.15) is 33.1 Å². The van der Waals surface area contributed by atoms with Gasteiger partial charge in [-0.05, 0) is 54.7 Å². The predicted molar refractivity (Wildman–Crippen MR) is 87.9 cm³/mol. The van der Waals surface area contributed by atoms with E-state index in [1.54, 1.807) is 7.11 Å². The molecule has 0 bridgehead atoms. The van der Waals surface area contributed by atoms with E-state index in [-0.39, 0.29) is 0 Å². The second-order valence-corrected chi connectivity index (χ2v) is 6.51. The Labute approximate surface area is 126 Å². The molecule has 0 radical (unpaired) electrons. The monoisotopic (exact) mass is 284 g/mol. The van der Waals surface area contributed by atoms with Gasteiger partial charge in [0.2, 0.25) is 0 Å². The summed E-state index contributed by atoms with van der Waals surface area (Å²) in [5.74, 6) is 3.44. The molecule has 2 unspecified atom stereocenters. The molecule has 1 N–H and O–H groups in total. The normalized spacial score (nSPS) is 25.8. The zero-order valence-corrected chi connectivity index (χ0v) is 13.1. The number of nitrogens with one attached hydrogen (secondary N) is 1. The Morgan fingerprint density at radius 3 is 2.57 bits per heavy atom. The molecule has 1 aliphatic carbocycles. The zero-order chi connectivity index (χ0) is 14.8. The number of hydrogen-bond acceptors (Lipinski definition) is 3. The summed E-state index contributed by atoms with van der Waals surface area (Å²) in [5.41, 5.74) is 0. The first-order valence-electron chi connectivity index (χ1n) is 7.85. The van der Waals surface area contributed by atoms with Crippen LogP contribution in [0.3, 0.4) is 0 Å². The number of aromatic nitrogens is 1. The van der Waals surface area contributed by atoms with Crippen molar-refractivity contribution in [1.82, 2.24) is 4.98 Å². The Bertz CT molecular complexity index is 616. The molecule has 1 aromatic carbocycles. The van der Waals surface area contributed by atoms with E-state index in [0.717, 1.165) is 28.8 Å². The molecule has 2 aromatic rings. The van der Waals surface area contributed by atoms with Crippen molar-refractivity contribution >= 4 is 16.6 Å². The van der Waals surface area contributed by atoms with E-state index in [4.69, 9.17) is 4.74 Å². The highest BCUT2D eigenvalue weighted by molar-refractivity contribution is 5.92. The number of methoxy groups -OCH3 is 1. The van der Waals surface area contributed by atoms with Gasteiger partial charge >= 0.3 is 0 Å². The fraction of sp³-hybridized carbons (Fsp3) is 0.500. The third kappa shape index (κ3) is 3.12. The van der Waals surface area contributed by atoms with Gasteiger partial charge < -0.3 is 10.1 Å². The van der Waals surface area contributed by atoms with Crippen LogP contribution in [-0.4, -0.2) is 18.1 Å². The van der Waals surface area contributed by atoms with Gasteiger partial charge in [-0.2, -0.15) is 0 Å². The fourth-order valence-electron chi connectivity index (χ4n) is 3.65. The molecule has 3 nitrogen and oxygen atoms in total. The largest absolute Gasteiger partial charge is 0.497 e. The average molecular weight is 284 g/mol.